The summed E-state index contributed by atoms with van der Waals surface area (Å²) in [6.07, 6.45) is 21.0. The Morgan fingerprint density at radius 2 is 0.676 bits per heavy atom. The van der Waals surface area contributed by atoms with Gasteiger partial charge in [0.25, 0.3) is 0 Å². The Morgan fingerprint density at radius 1 is 0.378 bits per heavy atom. The molecule has 0 radical (unpaired) electrons. The molecule has 3 aliphatic rings. The van der Waals surface area contributed by atoms with Gasteiger partial charge in [-0.15, -0.1) is 0 Å². The number of benzene rings is 3. The molecule has 37 heavy (non-hydrogen) atoms. The van der Waals surface area contributed by atoms with E-state index in [2.05, 4.69) is 72.8 Å². The van der Waals surface area contributed by atoms with Crippen molar-refractivity contribution in [1.82, 2.24) is 0 Å². The third kappa shape index (κ3) is 6.22. The molecule has 0 N–H and O–H groups in total. The molecule has 0 aromatic heterocycles. The van der Waals surface area contributed by atoms with Gasteiger partial charge in [0.1, 0.15) is 0 Å². The molecule has 3 aliphatic carbocycles. The molecule has 0 nitrogen and oxygen atoms in total. The average Bonchev–Trinajstić information content (AvgIpc) is 2.99. The van der Waals surface area contributed by atoms with Crippen LogP contribution in [0.15, 0.2) is 72.8 Å². The fourth-order valence-corrected chi connectivity index (χ4v) is 14.5. The zero-order chi connectivity index (χ0) is 24.9. The number of hydrogen-bond acceptors (Lipinski definition) is 0. The summed E-state index contributed by atoms with van der Waals surface area (Å²) in [6.45, 7) is 0. The van der Waals surface area contributed by atoms with Crippen molar-refractivity contribution in [3.63, 3.8) is 0 Å². The fraction of sp³-hybridized carbons (Fsp3) is 0.500. The predicted octanol–water partition coefficient (Wildman–Crippen LogP) is 8.35. The third-order valence-corrected chi connectivity index (χ3v) is 16.4. The normalized spacial score (nSPS) is 20.4. The fourth-order valence-electron chi connectivity index (χ4n) is 7.51. The molecule has 0 heterocycles. The number of hydrogen-bond donors (Lipinski definition) is 0. The van der Waals surface area contributed by atoms with E-state index in [1.807, 2.05) is 0 Å². The Hall–Kier alpha value is -1.52. The molecule has 0 bridgehead atoms. The first-order valence-corrected chi connectivity index (χ1v) is 19.3. The molecular weight excluding hydrogens is 554 g/mol. The van der Waals surface area contributed by atoms with Gasteiger partial charge in [-0.1, -0.05) is 0 Å². The van der Waals surface area contributed by atoms with Crippen LogP contribution in [0.4, 0.5) is 0 Å². The van der Waals surface area contributed by atoms with E-state index in [9.17, 15) is 0 Å². The molecule has 3 fully saturated rings. The Bertz CT molecular complexity index is 998. The summed E-state index contributed by atoms with van der Waals surface area (Å²) in [5, 5.41) is 0. The maximum absolute atomic E-state index is 2.67. The average molecular weight is 600 g/mol. The van der Waals surface area contributed by atoms with Gasteiger partial charge < -0.3 is 0 Å². The molecule has 6 rings (SSSR count). The van der Waals surface area contributed by atoms with E-state index >= 15 is 0 Å². The van der Waals surface area contributed by atoms with Gasteiger partial charge in [-0.25, -0.2) is 0 Å². The molecule has 0 atom stereocenters. The van der Waals surface area contributed by atoms with E-state index in [0.29, 0.717) is 0 Å². The van der Waals surface area contributed by atoms with Gasteiger partial charge in [-0.3, -0.25) is 0 Å². The molecule has 0 aliphatic heterocycles. The molecule has 3 aromatic rings. The van der Waals surface area contributed by atoms with Crippen LogP contribution in [0.25, 0.3) is 0 Å². The van der Waals surface area contributed by atoms with Crippen LogP contribution >= 0.6 is 0 Å². The predicted molar refractivity (Wildman–Crippen MR) is 161 cm³/mol. The van der Waals surface area contributed by atoms with Crippen LogP contribution in [-0.4, -0.2) is 20.2 Å². The van der Waals surface area contributed by atoms with Crippen LogP contribution in [-0.2, 0) is 0 Å². The monoisotopic (exact) mass is 598 g/mol. The molecular formula is C36H45Sb. The zero-order valence-corrected chi connectivity index (χ0v) is 25.3. The molecule has 0 spiro atoms. The van der Waals surface area contributed by atoms with Gasteiger partial charge in [0.2, 0.25) is 0 Å². The van der Waals surface area contributed by atoms with Crippen LogP contribution in [0.3, 0.4) is 0 Å². The van der Waals surface area contributed by atoms with Crippen molar-refractivity contribution in [3.8, 4) is 0 Å². The first-order chi connectivity index (χ1) is 18.3. The molecule has 0 saturated heterocycles. The van der Waals surface area contributed by atoms with Crippen molar-refractivity contribution in [3.05, 3.63) is 89.5 Å². The SMILES string of the molecule is c1cc(C2CCCCC2)c[c]([Sb]([c]2cccc(C3CCCCC3)c2)[c]2cccc(C3CCCCC3)c2)c1. The summed E-state index contributed by atoms with van der Waals surface area (Å²) in [4.78, 5) is 0. The zero-order valence-electron chi connectivity index (χ0n) is 22.7. The number of rotatable bonds is 6. The van der Waals surface area contributed by atoms with Crippen molar-refractivity contribution in [2.45, 2.75) is 114 Å². The molecule has 0 unspecified atom stereocenters. The summed E-state index contributed by atoms with van der Waals surface area (Å²) in [5.74, 6) is 2.33. The first-order valence-electron chi connectivity index (χ1n) is 15.5. The van der Waals surface area contributed by atoms with Crippen LogP contribution in [0.2, 0.25) is 0 Å². The van der Waals surface area contributed by atoms with E-state index < -0.39 is 20.2 Å². The van der Waals surface area contributed by atoms with Crippen LogP contribution in [0.1, 0.15) is 131 Å². The van der Waals surface area contributed by atoms with Crippen molar-refractivity contribution >= 4 is 30.7 Å². The van der Waals surface area contributed by atoms with Crippen molar-refractivity contribution in [1.29, 1.82) is 0 Å². The Kier molecular flexibility index (Phi) is 8.73. The topological polar surface area (TPSA) is 0 Å². The van der Waals surface area contributed by atoms with Crippen LogP contribution in [0, 0.1) is 0 Å². The second kappa shape index (κ2) is 12.6. The Labute approximate surface area is 233 Å². The minimum absolute atomic E-state index is 0.776. The minimum atomic E-state index is -2.15. The van der Waals surface area contributed by atoms with Gasteiger partial charge in [0, 0.05) is 0 Å². The second-order valence-electron chi connectivity index (χ2n) is 12.1. The first kappa shape index (κ1) is 25.7. The van der Waals surface area contributed by atoms with E-state index in [-0.39, 0.29) is 0 Å². The standard InChI is InChI=1S/3C12H15.Sb/c3*1-3-7-11(8-4-1)12-9-5-2-6-10-12;/h3*1,3,7-8,12H,2,5-6,9-10H2;. The van der Waals surface area contributed by atoms with Gasteiger partial charge in [0.05, 0.1) is 0 Å². The molecule has 194 valence electrons. The van der Waals surface area contributed by atoms with Crippen molar-refractivity contribution in [2.75, 3.05) is 0 Å². The Balaban J connectivity index is 1.40. The maximum atomic E-state index is 2.67. The second-order valence-corrected chi connectivity index (χ2v) is 18.5. The summed E-state index contributed by atoms with van der Waals surface area (Å²) < 4.78 is 5.02. The van der Waals surface area contributed by atoms with Crippen LogP contribution < -0.4 is 10.5 Å². The van der Waals surface area contributed by atoms with Gasteiger partial charge in [0.15, 0.2) is 0 Å². The third-order valence-electron chi connectivity index (χ3n) is 9.61. The van der Waals surface area contributed by atoms with Crippen LogP contribution in [0.5, 0.6) is 0 Å². The van der Waals surface area contributed by atoms with Crippen molar-refractivity contribution in [2.24, 2.45) is 0 Å². The van der Waals surface area contributed by atoms with E-state index in [4.69, 9.17) is 0 Å². The van der Waals surface area contributed by atoms with E-state index in [1.54, 1.807) is 27.2 Å². The van der Waals surface area contributed by atoms with Crippen molar-refractivity contribution < 1.29 is 0 Å². The Morgan fingerprint density at radius 3 is 0.973 bits per heavy atom. The van der Waals surface area contributed by atoms with Gasteiger partial charge >= 0.3 is 234 Å². The summed E-state index contributed by atoms with van der Waals surface area (Å²) in [5.41, 5.74) is 4.87. The van der Waals surface area contributed by atoms with E-state index in [0.717, 1.165) is 17.8 Å². The molecule has 3 aromatic carbocycles. The van der Waals surface area contributed by atoms with E-state index in [1.165, 1.54) is 96.3 Å². The summed E-state index contributed by atoms with van der Waals surface area (Å²) in [7, 11) is 0. The molecule has 0 amide bonds. The van der Waals surface area contributed by atoms with Gasteiger partial charge in [-0.2, -0.15) is 0 Å². The molecule has 3 saturated carbocycles. The summed E-state index contributed by atoms with van der Waals surface area (Å²) >= 11 is -2.15. The quantitative estimate of drug-likeness (QED) is 0.250. The summed E-state index contributed by atoms with van der Waals surface area (Å²) in [6, 6.07) is 30.0. The molecule has 1 heteroatoms. The van der Waals surface area contributed by atoms with Gasteiger partial charge in [-0.05, 0) is 0 Å².